The van der Waals surface area contributed by atoms with Gasteiger partial charge in [0.2, 0.25) is 10.0 Å². The van der Waals surface area contributed by atoms with E-state index in [1.54, 1.807) is 12.1 Å². The Kier molecular flexibility index (Phi) is 7.06. The number of hydrogen-bond acceptors (Lipinski definition) is 3. The molecule has 130 valence electrons. The van der Waals surface area contributed by atoms with Crippen LogP contribution in [0.4, 0.5) is 0 Å². The smallest absolute Gasteiger partial charge is 0.240 e. The number of unbranched alkanes of at least 4 members (excludes halogenated alkanes) is 1. The summed E-state index contributed by atoms with van der Waals surface area (Å²) in [4.78, 5) is 2.77. The number of benzene rings is 1. The number of aryl methyl sites for hydroxylation is 1. The van der Waals surface area contributed by atoms with Gasteiger partial charge in [-0.25, -0.2) is 13.1 Å². The van der Waals surface area contributed by atoms with Crippen molar-refractivity contribution in [1.82, 2.24) is 9.62 Å². The minimum absolute atomic E-state index is 0.000599. The van der Waals surface area contributed by atoms with E-state index in [1.165, 1.54) is 19.3 Å². The van der Waals surface area contributed by atoms with Crippen LogP contribution in [0.3, 0.4) is 0 Å². The van der Waals surface area contributed by atoms with Crippen LogP contribution in [-0.2, 0) is 10.0 Å². The molecule has 1 unspecified atom stereocenters. The predicted octanol–water partition coefficient (Wildman–Crippen LogP) is 3.32. The first-order valence-corrected chi connectivity index (χ1v) is 10.3. The van der Waals surface area contributed by atoms with Gasteiger partial charge in [-0.2, -0.15) is 0 Å². The Morgan fingerprint density at radius 1 is 1.13 bits per heavy atom. The van der Waals surface area contributed by atoms with Crippen molar-refractivity contribution in [1.29, 1.82) is 0 Å². The summed E-state index contributed by atoms with van der Waals surface area (Å²) < 4.78 is 28.2. The molecular formula is C18H30N2O2S. The number of rotatable bonds is 8. The third-order valence-corrected chi connectivity index (χ3v) is 6.02. The van der Waals surface area contributed by atoms with Crippen molar-refractivity contribution in [3.8, 4) is 0 Å². The third kappa shape index (κ3) is 5.90. The normalized spacial score (nSPS) is 18.0. The molecule has 0 spiro atoms. The van der Waals surface area contributed by atoms with E-state index < -0.39 is 10.0 Å². The molecule has 1 aromatic carbocycles. The Morgan fingerprint density at radius 2 is 1.78 bits per heavy atom. The molecule has 1 N–H and O–H groups in total. The first-order chi connectivity index (χ1) is 11.0. The van der Waals surface area contributed by atoms with E-state index in [0.717, 1.165) is 44.5 Å². The summed E-state index contributed by atoms with van der Waals surface area (Å²) in [6, 6.07) is 7.07. The highest BCUT2D eigenvalue weighted by Gasteiger charge is 2.22. The van der Waals surface area contributed by atoms with Gasteiger partial charge in [0.05, 0.1) is 4.90 Å². The van der Waals surface area contributed by atoms with Crippen molar-refractivity contribution >= 4 is 10.0 Å². The Hall–Kier alpha value is -0.910. The number of nitrogens with zero attached hydrogens (tertiary/aromatic N) is 1. The van der Waals surface area contributed by atoms with Crippen LogP contribution in [0.15, 0.2) is 29.2 Å². The van der Waals surface area contributed by atoms with Gasteiger partial charge in [0, 0.05) is 12.6 Å². The average molecular weight is 339 g/mol. The molecule has 1 fully saturated rings. The van der Waals surface area contributed by atoms with E-state index in [-0.39, 0.29) is 6.04 Å². The van der Waals surface area contributed by atoms with Crippen LogP contribution in [0.5, 0.6) is 0 Å². The lowest BCUT2D eigenvalue weighted by atomic mass is 10.1. The van der Waals surface area contributed by atoms with Gasteiger partial charge in [-0.05, 0) is 51.4 Å². The second kappa shape index (κ2) is 8.81. The van der Waals surface area contributed by atoms with Crippen molar-refractivity contribution in [3.63, 3.8) is 0 Å². The van der Waals surface area contributed by atoms with E-state index in [1.807, 2.05) is 19.1 Å². The molecule has 0 aliphatic carbocycles. The topological polar surface area (TPSA) is 49.4 Å². The molecule has 4 nitrogen and oxygen atoms in total. The van der Waals surface area contributed by atoms with Crippen LogP contribution in [0.25, 0.3) is 0 Å². The molecule has 1 heterocycles. The molecule has 1 aliphatic heterocycles. The van der Waals surface area contributed by atoms with Crippen LogP contribution in [-0.4, -0.2) is 39.0 Å². The van der Waals surface area contributed by atoms with Crippen LogP contribution in [0, 0.1) is 6.92 Å². The second-order valence-electron chi connectivity index (χ2n) is 6.63. The fourth-order valence-corrected chi connectivity index (χ4v) is 4.36. The molecule has 0 bridgehead atoms. The average Bonchev–Trinajstić information content (AvgIpc) is 2.54. The maximum atomic E-state index is 12.6. The fraction of sp³-hybridized carbons (Fsp3) is 0.667. The van der Waals surface area contributed by atoms with Crippen LogP contribution < -0.4 is 4.72 Å². The lowest BCUT2D eigenvalue weighted by Crippen LogP contribution is -2.45. The van der Waals surface area contributed by atoms with Crippen molar-refractivity contribution in [2.75, 3.05) is 19.6 Å². The van der Waals surface area contributed by atoms with E-state index in [9.17, 15) is 8.42 Å². The van der Waals surface area contributed by atoms with Gasteiger partial charge >= 0.3 is 0 Å². The monoisotopic (exact) mass is 338 g/mol. The zero-order valence-corrected chi connectivity index (χ0v) is 15.2. The Morgan fingerprint density at radius 3 is 2.39 bits per heavy atom. The molecule has 2 rings (SSSR count). The van der Waals surface area contributed by atoms with Gasteiger partial charge in [0.1, 0.15) is 0 Å². The van der Waals surface area contributed by atoms with Gasteiger partial charge in [-0.15, -0.1) is 0 Å². The van der Waals surface area contributed by atoms with Gasteiger partial charge in [-0.3, -0.25) is 0 Å². The zero-order chi connectivity index (χ0) is 16.7. The van der Waals surface area contributed by atoms with E-state index in [0.29, 0.717) is 4.90 Å². The largest absolute Gasteiger partial charge is 0.302 e. The van der Waals surface area contributed by atoms with Gasteiger partial charge in [-0.1, -0.05) is 43.9 Å². The summed E-state index contributed by atoms with van der Waals surface area (Å²) in [7, 11) is -3.43. The molecule has 0 saturated carbocycles. The van der Waals surface area contributed by atoms with Crippen molar-refractivity contribution in [3.05, 3.63) is 29.8 Å². The molecule has 5 heteroatoms. The summed E-state index contributed by atoms with van der Waals surface area (Å²) in [5.41, 5.74) is 1.07. The molecule has 0 aromatic heterocycles. The fourth-order valence-electron chi connectivity index (χ4n) is 3.10. The summed E-state index contributed by atoms with van der Waals surface area (Å²) in [5, 5.41) is 0. The zero-order valence-electron chi connectivity index (χ0n) is 14.4. The Balaban J connectivity index is 2.04. The highest BCUT2D eigenvalue weighted by Crippen LogP contribution is 2.15. The van der Waals surface area contributed by atoms with Gasteiger partial charge < -0.3 is 4.90 Å². The lowest BCUT2D eigenvalue weighted by molar-refractivity contribution is 0.207. The van der Waals surface area contributed by atoms with E-state index in [2.05, 4.69) is 16.5 Å². The highest BCUT2D eigenvalue weighted by molar-refractivity contribution is 7.89. The Labute approximate surface area is 141 Å². The minimum atomic E-state index is -3.43. The summed E-state index contributed by atoms with van der Waals surface area (Å²) in [6.45, 7) is 7.12. The number of piperidine rings is 1. The second-order valence-corrected chi connectivity index (χ2v) is 8.35. The SMILES string of the molecule is CCCCC(CN1CCCCC1)NS(=O)(=O)c1ccc(C)cc1. The highest BCUT2D eigenvalue weighted by atomic mass is 32.2. The molecule has 0 radical (unpaired) electrons. The van der Waals surface area contributed by atoms with Crippen molar-refractivity contribution in [2.45, 2.75) is 63.3 Å². The van der Waals surface area contributed by atoms with Crippen LogP contribution >= 0.6 is 0 Å². The van der Waals surface area contributed by atoms with Gasteiger partial charge in [0.25, 0.3) is 0 Å². The summed E-state index contributed by atoms with van der Waals surface area (Å²) in [6.07, 6.45) is 6.79. The van der Waals surface area contributed by atoms with Gasteiger partial charge in [0.15, 0.2) is 0 Å². The molecular weight excluding hydrogens is 308 g/mol. The summed E-state index contributed by atoms with van der Waals surface area (Å²) >= 11 is 0. The molecule has 1 saturated heterocycles. The summed E-state index contributed by atoms with van der Waals surface area (Å²) in [5.74, 6) is 0. The predicted molar refractivity (Wildman–Crippen MR) is 95.1 cm³/mol. The maximum Gasteiger partial charge on any atom is 0.240 e. The first kappa shape index (κ1) is 18.4. The minimum Gasteiger partial charge on any atom is -0.302 e. The van der Waals surface area contributed by atoms with E-state index >= 15 is 0 Å². The number of likely N-dealkylation sites (tertiary alicyclic amines) is 1. The molecule has 0 amide bonds. The standard InChI is InChI=1S/C18H30N2O2S/c1-3-4-8-17(15-20-13-6-5-7-14-20)19-23(21,22)18-11-9-16(2)10-12-18/h9-12,17,19H,3-8,13-15H2,1-2H3. The molecule has 1 atom stereocenters. The number of nitrogens with one attached hydrogen (secondary N) is 1. The molecule has 1 aliphatic rings. The molecule has 23 heavy (non-hydrogen) atoms. The van der Waals surface area contributed by atoms with Crippen LogP contribution in [0.2, 0.25) is 0 Å². The van der Waals surface area contributed by atoms with Crippen LogP contribution in [0.1, 0.15) is 51.0 Å². The lowest BCUT2D eigenvalue weighted by Gasteiger charge is -2.30. The third-order valence-electron chi connectivity index (χ3n) is 4.49. The maximum absolute atomic E-state index is 12.6. The van der Waals surface area contributed by atoms with E-state index in [4.69, 9.17) is 0 Å². The Bertz CT molecular complexity index is 563. The number of hydrogen-bond donors (Lipinski definition) is 1. The van der Waals surface area contributed by atoms with Crippen molar-refractivity contribution < 1.29 is 8.42 Å². The van der Waals surface area contributed by atoms with Crippen molar-refractivity contribution in [2.24, 2.45) is 0 Å². The quantitative estimate of drug-likeness (QED) is 0.791. The molecule has 1 aromatic rings. The first-order valence-electron chi connectivity index (χ1n) is 8.82. The number of sulfonamides is 1.